The Hall–Kier alpha value is -3.08. The number of aromatic nitrogens is 2. The van der Waals surface area contributed by atoms with Crippen molar-refractivity contribution in [2.75, 3.05) is 0 Å². The van der Waals surface area contributed by atoms with Gasteiger partial charge in [-0.2, -0.15) is 5.10 Å². The molecular formula is C18H16N4O. The van der Waals surface area contributed by atoms with Gasteiger partial charge in [-0.25, -0.2) is 5.43 Å². The standard InChI is InChI=1S/C18H16N4O/c1-12-6-5-7-14(20-12)11-19-22-18(23)16-10-13(2)21-17-9-4-3-8-15(16)17/h3-11H,1-2H3,(H,22,23)/b19-11-. The lowest BCUT2D eigenvalue weighted by Gasteiger charge is -2.06. The Morgan fingerprint density at radius 2 is 1.87 bits per heavy atom. The summed E-state index contributed by atoms with van der Waals surface area (Å²) in [5.41, 5.74) is 6.28. The molecule has 0 atom stereocenters. The van der Waals surface area contributed by atoms with E-state index in [1.54, 1.807) is 6.07 Å². The van der Waals surface area contributed by atoms with Gasteiger partial charge < -0.3 is 0 Å². The molecule has 0 saturated heterocycles. The van der Waals surface area contributed by atoms with Crippen molar-refractivity contribution in [3.8, 4) is 0 Å². The summed E-state index contributed by atoms with van der Waals surface area (Å²) >= 11 is 0. The maximum atomic E-state index is 12.4. The molecule has 0 spiro atoms. The molecule has 1 aromatic carbocycles. The zero-order chi connectivity index (χ0) is 16.2. The highest BCUT2D eigenvalue weighted by Gasteiger charge is 2.10. The third-order valence-electron chi connectivity index (χ3n) is 3.36. The van der Waals surface area contributed by atoms with Crippen LogP contribution in [0.15, 0.2) is 53.6 Å². The first-order valence-corrected chi connectivity index (χ1v) is 7.27. The Balaban J connectivity index is 1.84. The molecule has 0 bridgehead atoms. The Bertz CT molecular complexity index is 902. The topological polar surface area (TPSA) is 67.2 Å². The van der Waals surface area contributed by atoms with Crippen molar-refractivity contribution in [3.63, 3.8) is 0 Å². The van der Waals surface area contributed by atoms with E-state index < -0.39 is 0 Å². The minimum absolute atomic E-state index is 0.268. The number of pyridine rings is 2. The van der Waals surface area contributed by atoms with Gasteiger partial charge in [0, 0.05) is 16.8 Å². The molecule has 114 valence electrons. The van der Waals surface area contributed by atoms with Gasteiger partial charge in [0.25, 0.3) is 5.91 Å². The van der Waals surface area contributed by atoms with Crippen LogP contribution in [0.25, 0.3) is 10.9 Å². The Morgan fingerprint density at radius 3 is 2.70 bits per heavy atom. The minimum Gasteiger partial charge on any atom is -0.267 e. The number of hydrazone groups is 1. The number of hydrogen-bond donors (Lipinski definition) is 1. The Morgan fingerprint density at radius 1 is 1.04 bits per heavy atom. The van der Waals surface area contributed by atoms with Gasteiger partial charge in [0.1, 0.15) is 0 Å². The first kappa shape index (κ1) is 14.8. The van der Waals surface area contributed by atoms with Crippen molar-refractivity contribution in [2.24, 2.45) is 5.10 Å². The van der Waals surface area contributed by atoms with Crippen molar-refractivity contribution in [3.05, 3.63) is 71.2 Å². The van der Waals surface area contributed by atoms with Crippen molar-refractivity contribution in [1.29, 1.82) is 0 Å². The van der Waals surface area contributed by atoms with E-state index in [-0.39, 0.29) is 5.91 Å². The van der Waals surface area contributed by atoms with Crippen LogP contribution in [0.5, 0.6) is 0 Å². The van der Waals surface area contributed by atoms with Crippen LogP contribution in [-0.2, 0) is 0 Å². The van der Waals surface area contributed by atoms with Crippen LogP contribution < -0.4 is 5.43 Å². The van der Waals surface area contributed by atoms with E-state index >= 15 is 0 Å². The molecule has 0 saturated carbocycles. The van der Waals surface area contributed by atoms with Crippen molar-refractivity contribution < 1.29 is 4.79 Å². The molecule has 5 heteroatoms. The lowest BCUT2D eigenvalue weighted by atomic mass is 10.1. The van der Waals surface area contributed by atoms with E-state index in [9.17, 15) is 4.79 Å². The number of nitrogens with zero attached hydrogens (tertiary/aromatic N) is 3. The maximum absolute atomic E-state index is 12.4. The lowest BCUT2D eigenvalue weighted by Crippen LogP contribution is -2.18. The normalized spacial score (nSPS) is 11.0. The summed E-state index contributed by atoms with van der Waals surface area (Å²) in [5, 5.41) is 4.79. The molecular weight excluding hydrogens is 288 g/mol. The van der Waals surface area contributed by atoms with Gasteiger partial charge in [-0.05, 0) is 38.1 Å². The zero-order valence-electron chi connectivity index (χ0n) is 12.9. The van der Waals surface area contributed by atoms with E-state index in [0.29, 0.717) is 11.3 Å². The summed E-state index contributed by atoms with van der Waals surface area (Å²) in [6.45, 7) is 3.77. The predicted molar refractivity (Wildman–Crippen MR) is 90.5 cm³/mol. The van der Waals surface area contributed by atoms with E-state index in [2.05, 4.69) is 20.5 Å². The molecule has 0 aliphatic carbocycles. The first-order chi connectivity index (χ1) is 11.1. The largest absolute Gasteiger partial charge is 0.272 e. The van der Waals surface area contributed by atoms with E-state index in [1.165, 1.54) is 6.21 Å². The molecule has 0 fully saturated rings. The van der Waals surface area contributed by atoms with Crippen molar-refractivity contribution >= 4 is 23.0 Å². The van der Waals surface area contributed by atoms with Gasteiger partial charge in [-0.1, -0.05) is 24.3 Å². The second kappa shape index (κ2) is 6.36. The zero-order valence-corrected chi connectivity index (χ0v) is 12.9. The number of carbonyl (C=O) groups is 1. The molecule has 2 heterocycles. The van der Waals surface area contributed by atoms with E-state index in [4.69, 9.17) is 0 Å². The fourth-order valence-electron chi connectivity index (χ4n) is 2.35. The third-order valence-corrected chi connectivity index (χ3v) is 3.36. The minimum atomic E-state index is -0.268. The van der Waals surface area contributed by atoms with Crippen LogP contribution in [0.3, 0.4) is 0 Å². The molecule has 1 N–H and O–H groups in total. The molecule has 1 amide bonds. The number of rotatable bonds is 3. The summed E-state index contributed by atoms with van der Waals surface area (Å²) in [6.07, 6.45) is 1.53. The second-order valence-corrected chi connectivity index (χ2v) is 5.23. The molecule has 2 aromatic heterocycles. The summed E-state index contributed by atoms with van der Waals surface area (Å²) in [7, 11) is 0. The van der Waals surface area contributed by atoms with E-state index in [1.807, 2.05) is 56.3 Å². The Kier molecular flexibility index (Phi) is 4.10. The average molecular weight is 304 g/mol. The van der Waals surface area contributed by atoms with Crippen LogP contribution in [0, 0.1) is 13.8 Å². The van der Waals surface area contributed by atoms with Crippen LogP contribution >= 0.6 is 0 Å². The van der Waals surface area contributed by atoms with Crippen LogP contribution in [0.1, 0.15) is 27.4 Å². The molecule has 0 radical (unpaired) electrons. The number of para-hydroxylation sites is 1. The van der Waals surface area contributed by atoms with Gasteiger partial charge in [0.05, 0.1) is 23.0 Å². The van der Waals surface area contributed by atoms with Crippen LogP contribution in [-0.4, -0.2) is 22.1 Å². The molecule has 23 heavy (non-hydrogen) atoms. The monoisotopic (exact) mass is 304 g/mol. The highest BCUT2D eigenvalue weighted by atomic mass is 16.2. The van der Waals surface area contributed by atoms with Gasteiger partial charge in [-0.15, -0.1) is 0 Å². The van der Waals surface area contributed by atoms with Crippen molar-refractivity contribution in [2.45, 2.75) is 13.8 Å². The number of benzene rings is 1. The highest BCUT2D eigenvalue weighted by molar-refractivity contribution is 6.06. The smallest absolute Gasteiger partial charge is 0.267 e. The summed E-state index contributed by atoms with van der Waals surface area (Å²) in [5.74, 6) is -0.268. The number of hydrogen-bond acceptors (Lipinski definition) is 4. The number of fused-ring (bicyclic) bond motifs is 1. The highest BCUT2D eigenvalue weighted by Crippen LogP contribution is 2.18. The van der Waals surface area contributed by atoms with Crippen molar-refractivity contribution in [1.82, 2.24) is 15.4 Å². The van der Waals surface area contributed by atoms with Gasteiger partial charge >= 0.3 is 0 Å². The molecule has 5 nitrogen and oxygen atoms in total. The number of carbonyl (C=O) groups excluding carboxylic acids is 1. The van der Waals surface area contributed by atoms with Crippen LogP contribution in [0.2, 0.25) is 0 Å². The average Bonchev–Trinajstić information content (AvgIpc) is 2.54. The summed E-state index contributed by atoms with van der Waals surface area (Å²) in [6, 6.07) is 14.9. The first-order valence-electron chi connectivity index (χ1n) is 7.27. The predicted octanol–water partition coefficient (Wildman–Crippen LogP) is 3.01. The van der Waals surface area contributed by atoms with Crippen LogP contribution in [0.4, 0.5) is 0 Å². The number of aryl methyl sites for hydroxylation is 2. The van der Waals surface area contributed by atoms with E-state index in [0.717, 1.165) is 22.3 Å². The summed E-state index contributed by atoms with van der Waals surface area (Å²) in [4.78, 5) is 21.1. The molecule has 3 rings (SSSR count). The number of nitrogens with one attached hydrogen (secondary N) is 1. The van der Waals surface area contributed by atoms with Gasteiger partial charge in [-0.3, -0.25) is 14.8 Å². The molecule has 0 aliphatic rings. The molecule has 0 unspecified atom stereocenters. The fourth-order valence-corrected chi connectivity index (χ4v) is 2.35. The Labute approximate surface area is 134 Å². The third kappa shape index (κ3) is 3.40. The number of amides is 1. The molecule has 3 aromatic rings. The van der Waals surface area contributed by atoms with Gasteiger partial charge in [0.15, 0.2) is 0 Å². The lowest BCUT2D eigenvalue weighted by molar-refractivity contribution is 0.0956. The fraction of sp³-hybridized carbons (Fsp3) is 0.111. The second-order valence-electron chi connectivity index (χ2n) is 5.23. The quantitative estimate of drug-likeness (QED) is 0.597. The molecule has 0 aliphatic heterocycles. The SMILES string of the molecule is Cc1cccc(/C=N\NC(=O)c2cc(C)nc3ccccc23)n1. The maximum Gasteiger partial charge on any atom is 0.272 e. The van der Waals surface area contributed by atoms with Gasteiger partial charge in [0.2, 0.25) is 0 Å². The summed E-state index contributed by atoms with van der Waals surface area (Å²) < 4.78 is 0.